The van der Waals surface area contributed by atoms with E-state index in [0.29, 0.717) is 0 Å². The summed E-state index contributed by atoms with van der Waals surface area (Å²) in [6.45, 7) is 9.16. The number of halogens is 2. The maximum absolute atomic E-state index is 2.51. The van der Waals surface area contributed by atoms with Crippen LogP contribution in [0.3, 0.4) is 0 Å². The Morgan fingerprint density at radius 3 is 1.27 bits per heavy atom. The van der Waals surface area contributed by atoms with Gasteiger partial charge in [-0.15, -0.1) is 0 Å². The van der Waals surface area contributed by atoms with Gasteiger partial charge < -0.3 is 24.8 Å². The summed E-state index contributed by atoms with van der Waals surface area (Å²) in [6.07, 6.45) is 7.33. The zero-order valence-corrected chi connectivity index (χ0v) is 21.2. The summed E-state index contributed by atoms with van der Waals surface area (Å²) in [5.74, 6) is 0. The van der Waals surface area contributed by atoms with Gasteiger partial charge in [-0.1, -0.05) is 0 Å². The van der Waals surface area contributed by atoms with Gasteiger partial charge in [0.15, 0.2) is 0 Å². The molecule has 0 aliphatic heterocycles. The second-order valence-electron chi connectivity index (χ2n) is 8.10. The fourth-order valence-electron chi connectivity index (χ4n) is 4.23. The molecule has 0 nitrogen and oxygen atoms in total. The largest absolute Gasteiger partial charge is 1.00 e. The summed E-state index contributed by atoms with van der Waals surface area (Å²) in [4.78, 5) is 0. The van der Waals surface area contributed by atoms with Crippen molar-refractivity contribution in [1.29, 1.82) is 0 Å². The van der Waals surface area contributed by atoms with Crippen LogP contribution in [0.15, 0.2) is 103 Å². The van der Waals surface area contributed by atoms with E-state index < -0.39 is 17.4 Å². The zero-order chi connectivity index (χ0) is 19.7. The molecule has 0 N–H and O–H groups in total. The predicted molar refractivity (Wildman–Crippen MR) is 118 cm³/mol. The average molecular weight is 471 g/mol. The fraction of sp³-hybridized carbons (Fsp3) is 0.222. The number of hydrogen-bond acceptors (Lipinski definition) is 0. The molecule has 0 amide bonds. The first-order valence-electron chi connectivity index (χ1n) is 10.1. The molecule has 0 fully saturated rings. The van der Waals surface area contributed by atoms with Gasteiger partial charge in [0, 0.05) is 0 Å². The Morgan fingerprint density at radius 2 is 0.967 bits per heavy atom. The molecule has 30 heavy (non-hydrogen) atoms. The summed E-state index contributed by atoms with van der Waals surface area (Å²) >= 11 is -1.87. The standard InChI is InChI=1S/C13H10.2C7H9.2ClH.Ti/c1-3-7-12(8-4-1)11-13-9-5-2-6-10-13;2*1-6-4-3-5-7(6)2;;;/h1-10H;2*4H,5H2,1-2H3;2*1H;/q;;;;;+2/p-2. The van der Waals surface area contributed by atoms with Crippen LogP contribution in [0, 0.1) is 0 Å². The van der Waals surface area contributed by atoms with E-state index in [0.717, 1.165) is 12.8 Å². The Hall–Kier alpha value is -1.44. The maximum Gasteiger partial charge on any atom is -1.00 e. The molecular weight excluding hydrogens is 443 g/mol. The van der Waals surface area contributed by atoms with Crippen LogP contribution >= 0.6 is 0 Å². The van der Waals surface area contributed by atoms with Crippen LogP contribution in [-0.2, 0) is 17.4 Å². The predicted octanol–water partition coefficient (Wildman–Crippen LogP) is 1.13. The Morgan fingerprint density at radius 1 is 0.600 bits per heavy atom. The van der Waals surface area contributed by atoms with Gasteiger partial charge in [-0.25, -0.2) is 0 Å². The molecule has 2 aliphatic rings. The first-order valence-corrected chi connectivity index (χ1v) is 12.5. The van der Waals surface area contributed by atoms with Crippen molar-refractivity contribution in [2.45, 2.75) is 40.5 Å². The molecule has 0 saturated heterocycles. The SMILES string of the molecule is CC1=C(C)C[C]([Ti+2]([C]2=CC(C)=C(C)C2)=[C](c2ccccc2)c2ccccc2)=C1.[Cl-].[Cl-]. The Labute approximate surface area is 199 Å². The van der Waals surface area contributed by atoms with Gasteiger partial charge in [-0.3, -0.25) is 0 Å². The molecule has 2 aromatic rings. The molecule has 0 heterocycles. The summed E-state index contributed by atoms with van der Waals surface area (Å²) < 4.78 is 5.00. The van der Waals surface area contributed by atoms with Crippen molar-refractivity contribution < 1.29 is 42.2 Å². The third kappa shape index (κ3) is 5.06. The molecule has 0 saturated carbocycles. The van der Waals surface area contributed by atoms with Crippen LogP contribution in [0.1, 0.15) is 51.7 Å². The second-order valence-corrected chi connectivity index (χ2v) is 12.1. The summed E-state index contributed by atoms with van der Waals surface area (Å²) in [7, 11) is 0. The quantitative estimate of drug-likeness (QED) is 0.587. The van der Waals surface area contributed by atoms with Gasteiger partial charge in [0.25, 0.3) is 0 Å². The number of benzene rings is 2. The Bertz CT molecular complexity index is 983. The van der Waals surface area contributed by atoms with Crippen molar-refractivity contribution in [3.63, 3.8) is 0 Å². The van der Waals surface area contributed by atoms with E-state index >= 15 is 0 Å². The smallest absolute Gasteiger partial charge is 1.00 e. The van der Waals surface area contributed by atoms with E-state index in [1.165, 1.54) is 22.3 Å². The van der Waals surface area contributed by atoms with E-state index in [1.807, 2.05) is 0 Å². The van der Waals surface area contributed by atoms with E-state index in [1.54, 1.807) is 22.7 Å². The maximum atomic E-state index is 2.51. The van der Waals surface area contributed by atoms with E-state index in [-0.39, 0.29) is 24.8 Å². The molecule has 2 aliphatic carbocycles. The van der Waals surface area contributed by atoms with Crippen LogP contribution in [-0.4, -0.2) is 3.81 Å². The molecular formula is C27H28Cl2Ti. The Balaban J connectivity index is 0.00000160. The van der Waals surface area contributed by atoms with Crippen molar-refractivity contribution in [3.05, 3.63) is 114 Å². The topological polar surface area (TPSA) is 0 Å². The molecule has 0 spiro atoms. The zero-order valence-electron chi connectivity index (χ0n) is 18.1. The minimum absolute atomic E-state index is 0. The number of rotatable bonds is 4. The van der Waals surface area contributed by atoms with Crippen molar-refractivity contribution in [1.82, 2.24) is 0 Å². The molecule has 0 radical (unpaired) electrons. The van der Waals surface area contributed by atoms with Gasteiger partial charge in [0.1, 0.15) is 0 Å². The summed E-state index contributed by atoms with van der Waals surface area (Å²) in [5.41, 5.74) is 8.83. The third-order valence-corrected chi connectivity index (χ3v) is 10.7. The molecule has 0 atom stereocenters. The van der Waals surface area contributed by atoms with Gasteiger partial charge in [0.05, 0.1) is 0 Å². The summed E-state index contributed by atoms with van der Waals surface area (Å²) in [5, 5.41) is 0. The van der Waals surface area contributed by atoms with Crippen molar-refractivity contribution in [2.75, 3.05) is 0 Å². The molecule has 2 aromatic carbocycles. The van der Waals surface area contributed by atoms with Crippen molar-refractivity contribution in [3.8, 4) is 0 Å². The molecule has 154 valence electrons. The number of allylic oxidation sites excluding steroid dienone is 8. The monoisotopic (exact) mass is 470 g/mol. The number of hydrogen-bond donors (Lipinski definition) is 0. The van der Waals surface area contributed by atoms with Crippen LogP contribution in [0.2, 0.25) is 0 Å². The van der Waals surface area contributed by atoms with Gasteiger partial charge in [0.2, 0.25) is 0 Å². The minimum Gasteiger partial charge on any atom is -1.00 e. The normalized spacial score (nSPS) is 15.0. The van der Waals surface area contributed by atoms with Crippen LogP contribution in [0.4, 0.5) is 0 Å². The first kappa shape index (κ1) is 24.8. The van der Waals surface area contributed by atoms with Gasteiger partial charge >= 0.3 is 176 Å². The molecule has 0 aromatic heterocycles. The van der Waals surface area contributed by atoms with Crippen LogP contribution in [0.25, 0.3) is 0 Å². The molecule has 3 heteroatoms. The average Bonchev–Trinajstić information content (AvgIpc) is 3.22. The van der Waals surface area contributed by atoms with Crippen LogP contribution in [0.5, 0.6) is 0 Å². The third-order valence-electron chi connectivity index (χ3n) is 6.06. The first-order chi connectivity index (χ1) is 13.5. The van der Waals surface area contributed by atoms with E-state index in [4.69, 9.17) is 0 Å². The van der Waals surface area contributed by atoms with Crippen LogP contribution < -0.4 is 24.8 Å². The fourth-order valence-corrected chi connectivity index (χ4v) is 9.81. The van der Waals surface area contributed by atoms with Gasteiger partial charge in [-0.2, -0.15) is 0 Å². The van der Waals surface area contributed by atoms with E-state index in [9.17, 15) is 0 Å². The van der Waals surface area contributed by atoms with Crippen molar-refractivity contribution in [2.24, 2.45) is 0 Å². The van der Waals surface area contributed by atoms with Gasteiger partial charge in [-0.05, 0) is 0 Å². The van der Waals surface area contributed by atoms with E-state index in [2.05, 4.69) is 101 Å². The summed E-state index contributed by atoms with van der Waals surface area (Å²) in [6, 6.07) is 22.2. The molecule has 0 bridgehead atoms. The molecule has 4 rings (SSSR count). The second kappa shape index (κ2) is 10.7. The molecule has 0 unspecified atom stereocenters. The minimum atomic E-state index is -1.87. The van der Waals surface area contributed by atoms with Crippen molar-refractivity contribution >= 4 is 3.81 Å². The Kier molecular flexibility index (Phi) is 8.89.